The Morgan fingerprint density at radius 1 is 1.54 bits per heavy atom. The van der Waals surface area contributed by atoms with Gasteiger partial charge in [0.15, 0.2) is 0 Å². The van der Waals surface area contributed by atoms with E-state index in [2.05, 4.69) is 12.0 Å². The molecule has 0 unspecified atom stereocenters. The highest BCUT2D eigenvalue weighted by molar-refractivity contribution is 5.15. The molecule has 0 saturated heterocycles. The van der Waals surface area contributed by atoms with Crippen molar-refractivity contribution in [3.63, 3.8) is 0 Å². The first kappa shape index (κ1) is 10.3. The maximum Gasteiger partial charge on any atom is 0.0786 e. The first-order valence-corrected chi connectivity index (χ1v) is 4.67. The van der Waals surface area contributed by atoms with Crippen LogP contribution in [0.15, 0.2) is 6.20 Å². The lowest BCUT2D eigenvalue weighted by Gasteiger charge is -2.18. The van der Waals surface area contributed by atoms with Crippen LogP contribution in [0.1, 0.15) is 32.0 Å². The van der Waals surface area contributed by atoms with Crippen LogP contribution < -0.4 is 0 Å². The van der Waals surface area contributed by atoms with Crippen LogP contribution in [0.4, 0.5) is 0 Å². The standard InChI is InChI=1S/C10H18N2O/c1-5-9-6-11-12(8(9)2)7-10(3,4)13/h6,13H,5,7H2,1-4H3. The molecule has 0 spiro atoms. The summed E-state index contributed by atoms with van der Waals surface area (Å²) in [5.41, 5.74) is 1.72. The van der Waals surface area contributed by atoms with Gasteiger partial charge in [-0.05, 0) is 32.8 Å². The number of aliphatic hydroxyl groups is 1. The minimum Gasteiger partial charge on any atom is -0.389 e. The molecule has 0 atom stereocenters. The van der Waals surface area contributed by atoms with Crippen molar-refractivity contribution in [1.82, 2.24) is 9.78 Å². The van der Waals surface area contributed by atoms with Gasteiger partial charge in [0.25, 0.3) is 0 Å². The normalized spacial score (nSPS) is 12.1. The van der Waals surface area contributed by atoms with E-state index in [0.29, 0.717) is 6.54 Å². The predicted molar refractivity (Wildman–Crippen MR) is 52.6 cm³/mol. The Bertz CT molecular complexity index is 284. The Morgan fingerprint density at radius 2 is 2.15 bits per heavy atom. The zero-order valence-electron chi connectivity index (χ0n) is 8.83. The summed E-state index contributed by atoms with van der Waals surface area (Å²) in [7, 11) is 0. The highest BCUT2D eigenvalue weighted by Crippen LogP contribution is 2.11. The van der Waals surface area contributed by atoms with Gasteiger partial charge in [-0.15, -0.1) is 0 Å². The molecule has 0 aromatic carbocycles. The van der Waals surface area contributed by atoms with Crippen LogP contribution in [0.3, 0.4) is 0 Å². The average molecular weight is 182 g/mol. The lowest BCUT2D eigenvalue weighted by Crippen LogP contribution is -2.27. The van der Waals surface area contributed by atoms with Gasteiger partial charge in [0, 0.05) is 5.69 Å². The molecule has 0 saturated carbocycles. The third-order valence-corrected chi connectivity index (χ3v) is 2.12. The Balaban J connectivity index is 2.84. The highest BCUT2D eigenvalue weighted by atomic mass is 16.3. The molecule has 1 rings (SSSR count). The van der Waals surface area contributed by atoms with Crippen molar-refractivity contribution in [2.24, 2.45) is 0 Å². The van der Waals surface area contributed by atoms with Gasteiger partial charge < -0.3 is 5.11 Å². The van der Waals surface area contributed by atoms with E-state index in [1.807, 2.05) is 17.8 Å². The van der Waals surface area contributed by atoms with E-state index in [1.54, 1.807) is 13.8 Å². The van der Waals surface area contributed by atoms with E-state index >= 15 is 0 Å². The van der Waals surface area contributed by atoms with E-state index in [4.69, 9.17) is 0 Å². The summed E-state index contributed by atoms with van der Waals surface area (Å²) in [4.78, 5) is 0. The van der Waals surface area contributed by atoms with E-state index < -0.39 is 5.60 Å². The number of hydrogen-bond acceptors (Lipinski definition) is 2. The van der Waals surface area contributed by atoms with Crippen molar-refractivity contribution in [3.8, 4) is 0 Å². The molecule has 0 bridgehead atoms. The molecule has 1 aromatic heterocycles. The first-order chi connectivity index (χ1) is 5.94. The monoisotopic (exact) mass is 182 g/mol. The van der Waals surface area contributed by atoms with Crippen LogP contribution in [-0.2, 0) is 13.0 Å². The summed E-state index contributed by atoms with van der Waals surface area (Å²) in [5, 5.41) is 13.8. The fourth-order valence-electron chi connectivity index (χ4n) is 1.36. The molecule has 13 heavy (non-hydrogen) atoms. The Hall–Kier alpha value is -0.830. The van der Waals surface area contributed by atoms with Crippen molar-refractivity contribution in [2.75, 3.05) is 0 Å². The van der Waals surface area contributed by atoms with Gasteiger partial charge in [-0.3, -0.25) is 4.68 Å². The van der Waals surface area contributed by atoms with Crippen molar-refractivity contribution < 1.29 is 5.11 Å². The molecular formula is C10H18N2O. The lowest BCUT2D eigenvalue weighted by atomic mass is 10.1. The van der Waals surface area contributed by atoms with E-state index in [0.717, 1.165) is 12.1 Å². The maximum absolute atomic E-state index is 9.62. The van der Waals surface area contributed by atoms with Crippen LogP contribution in [0.5, 0.6) is 0 Å². The molecule has 0 amide bonds. The topological polar surface area (TPSA) is 38.0 Å². The number of nitrogens with zero attached hydrogens (tertiary/aromatic N) is 2. The lowest BCUT2D eigenvalue weighted by molar-refractivity contribution is 0.0570. The first-order valence-electron chi connectivity index (χ1n) is 4.67. The number of hydrogen-bond donors (Lipinski definition) is 1. The fourth-order valence-corrected chi connectivity index (χ4v) is 1.36. The largest absolute Gasteiger partial charge is 0.389 e. The molecule has 0 fully saturated rings. The molecule has 0 aliphatic heterocycles. The number of aryl methyl sites for hydroxylation is 1. The van der Waals surface area contributed by atoms with Gasteiger partial charge in [-0.25, -0.2) is 0 Å². The highest BCUT2D eigenvalue weighted by Gasteiger charge is 2.15. The van der Waals surface area contributed by atoms with E-state index in [9.17, 15) is 5.11 Å². The zero-order valence-corrected chi connectivity index (χ0v) is 8.83. The summed E-state index contributed by atoms with van der Waals surface area (Å²) in [6.07, 6.45) is 2.87. The van der Waals surface area contributed by atoms with Gasteiger partial charge in [0.2, 0.25) is 0 Å². The number of aromatic nitrogens is 2. The van der Waals surface area contributed by atoms with Crippen LogP contribution in [0.2, 0.25) is 0 Å². The average Bonchev–Trinajstić information content (AvgIpc) is 2.30. The predicted octanol–water partition coefficient (Wildman–Crippen LogP) is 1.52. The molecular weight excluding hydrogens is 164 g/mol. The maximum atomic E-state index is 9.62. The van der Waals surface area contributed by atoms with Crippen LogP contribution in [0, 0.1) is 6.92 Å². The minimum atomic E-state index is -0.693. The molecule has 3 nitrogen and oxygen atoms in total. The van der Waals surface area contributed by atoms with Crippen molar-refractivity contribution in [3.05, 3.63) is 17.5 Å². The summed E-state index contributed by atoms with van der Waals surface area (Å²) >= 11 is 0. The van der Waals surface area contributed by atoms with Crippen LogP contribution in [0.25, 0.3) is 0 Å². The second kappa shape index (κ2) is 3.50. The van der Waals surface area contributed by atoms with Gasteiger partial charge >= 0.3 is 0 Å². The summed E-state index contributed by atoms with van der Waals surface area (Å²) in [5.74, 6) is 0. The number of rotatable bonds is 3. The molecule has 1 aromatic rings. The zero-order chi connectivity index (χ0) is 10.1. The summed E-state index contributed by atoms with van der Waals surface area (Å²) in [6.45, 7) is 8.29. The van der Waals surface area contributed by atoms with Gasteiger partial charge in [-0.2, -0.15) is 5.10 Å². The van der Waals surface area contributed by atoms with Gasteiger partial charge in [0.1, 0.15) is 0 Å². The molecule has 74 valence electrons. The molecule has 1 N–H and O–H groups in total. The van der Waals surface area contributed by atoms with Crippen LogP contribution >= 0.6 is 0 Å². The van der Waals surface area contributed by atoms with Gasteiger partial charge in [0.05, 0.1) is 18.3 Å². The Kier molecular flexibility index (Phi) is 2.76. The van der Waals surface area contributed by atoms with Crippen molar-refractivity contribution in [1.29, 1.82) is 0 Å². The van der Waals surface area contributed by atoms with E-state index in [-0.39, 0.29) is 0 Å². The fraction of sp³-hybridized carbons (Fsp3) is 0.700. The van der Waals surface area contributed by atoms with Gasteiger partial charge in [-0.1, -0.05) is 6.92 Å². The minimum absolute atomic E-state index is 0.554. The third-order valence-electron chi connectivity index (χ3n) is 2.12. The van der Waals surface area contributed by atoms with E-state index in [1.165, 1.54) is 5.56 Å². The van der Waals surface area contributed by atoms with Crippen molar-refractivity contribution in [2.45, 2.75) is 46.3 Å². The summed E-state index contributed by atoms with van der Waals surface area (Å²) in [6, 6.07) is 0. The second-order valence-corrected chi connectivity index (χ2v) is 4.08. The second-order valence-electron chi connectivity index (χ2n) is 4.08. The molecule has 1 heterocycles. The molecule has 0 aliphatic carbocycles. The van der Waals surface area contributed by atoms with Crippen LogP contribution in [-0.4, -0.2) is 20.5 Å². The third kappa shape index (κ3) is 2.56. The smallest absolute Gasteiger partial charge is 0.0786 e. The Labute approximate surface area is 79.4 Å². The SMILES string of the molecule is CCc1cnn(CC(C)(C)O)c1C. The molecule has 3 heteroatoms. The molecule has 0 aliphatic rings. The molecule has 0 radical (unpaired) electrons. The quantitative estimate of drug-likeness (QED) is 0.769. The summed E-state index contributed by atoms with van der Waals surface area (Å²) < 4.78 is 1.86. The van der Waals surface area contributed by atoms with Crippen molar-refractivity contribution >= 4 is 0 Å². The Morgan fingerprint density at radius 3 is 2.54 bits per heavy atom.